The first-order valence-electron chi connectivity index (χ1n) is 4.94. The average Bonchev–Trinajstić information content (AvgIpc) is 2.25. The van der Waals surface area contributed by atoms with E-state index in [2.05, 4.69) is 0 Å². The summed E-state index contributed by atoms with van der Waals surface area (Å²) < 4.78 is 5.32. The average molecular weight is 206 g/mol. The van der Waals surface area contributed by atoms with Crippen LogP contribution in [-0.4, -0.2) is 26.1 Å². The molecule has 1 amide bonds. The molecule has 0 fully saturated rings. The number of hydrogen-bond acceptors (Lipinski definition) is 3. The number of carbonyl (C=O) groups excluding carboxylic acids is 1. The molecule has 0 saturated carbocycles. The van der Waals surface area contributed by atoms with E-state index in [1.165, 1.54) is 0 Å². The largest absolute Gasteiger partial charge is 0.482 e. The number of rotatable bonds is 2. The van der Waals surface area contributed by atoms with E-state index in [1.54, 1.807) is 11.9 Å². The molecule has 4 heteroatoms. The molecule has 0 saturated heterocycles. The van der Waals surface area contributed by atoms with Crippen LogP contribution in [-0.2, 0) is 11.2 Å². The van der Waals surface area contributed by atoms with Gasteiger partial charge in [-0.1, -0.05) is 6.07 Å². The molecule has 1 heterocycles. The van der Waals surface area contributed by atoms with Gasteiger partial charge in [-0.15, -0.1) is 0 Å². The molecule has 15 heavy (non-hydrogen) atoms. The van der Waals surface area contributed by atoms with Gasteiger partial charge in [0.25, 0.3) is 5.91 Å². The highest BCUT2D eigenvalue weighted by atomic mass is 16.5. The van der Waals surface area contributed by atoms with Gasteiger partial charge >= 0.3 is 0 Å². The van der Waals surface area contributed by atoms with Crippen LogP contribution in [0.5, 0.6) is 5.75 Å². The summed E-state index contributed by atoms with van der Waals surface area (Å²) in [6.45, 7) is 0.733. The van der Waals surface area contributed by atoms with Crippen LogP contribution < -0.4 is 15.4 Å². The number of benzene rings is 1. The summed E-state index contributed by atoms with van der Waals surface area (Å²) in [6.07, 6.45) is 0.815. The van der Waals surface area contributed by atoms with E-state index in [0.717, 1.165) is 23.4 Å². The van der Waals surface area contributed by atoms with Crippen molar-refractivity contribution in [1.82, 2.24) is 0 Å². The van der Waals surface area contributed by atoms with Gasteiger partial charge in [0.1, 0.15) is 5.75 Å². The lowest BCUT2D eigenvalue weighted by Crippen LogP contribution is -2.35. The van der Waals surface area contributed by atoms with Crippen molar-refractivity contribution >= 4 is 11.6 Å². The first kappa shape index (κ1) is 9.98. The molecule has 2 N–H and O–H groups in total. The Morgan fingerprint density at radius 2 is 2.33 bits per heavy atom. The first-order chi connectivity index (χ1) is 7.22. The maximum atomic E-state index is 11.4. The normalized spacial score (nSPS) is 14.8. The summed E-state index contributed by atoms with van der Waals surface area (Å²) in [5.41, 5.74) is 7.44. The second kappa shape index (κ2) is 3.90. The first-order valence-corrected chi connectivity index (χ1v) is 4.94. The van der Waals surface area contributed by atoms with E-state index < -0.39 is 0 Å². The molecule has 1 aliphatic rings. The van der Waals surface area contributed by atoms with Gasteiger partial charge in [-0.3, -0.25) is 4.79 Å². The fraction of sp³-hybridized carbons (Fsp3) is 0.364. The van der Waals surface area contributed by atoms with E-state index in [4.69, 9.17) is 10.5 Å². The molecule has 0 spiro atoms. The van der Waals surface area contributed by atoms with Crippen molar-refractivity contribution in [1.29, 1.82) is 0 Å². The van der Waals surface area contributed by atoms with Crippen LogP contribution in [0.15, 0.2) is 18.2 Å². The zero-order chi connectivity index (χ0) is 10.8. The summed E-state index contributed by atoms with van der Waals surface area (Å²) >= 11 is 0. The molecule has 0 aliphatic carbocycles. The van der Waals surface area contributed by atoms with Crippen molar-refractivity contribution in [3.8, 4) is 5.75 Å². The molecule has 1 aromatic rings. The van der Waals surface area contributed by atoms with Gasteiger partial charge in [-0.2, -0.15) is 0 Å². The monoisotopic (exact) mass is 206 g/mol. The highest BCUT2D eigenvalue weighted by Gasteiger charge is 2.21. The summed E-state index contributed by atoms with van der Waals surface area (Å²) in [7, 11) is 1.76. The summed E-state index contributed by atoms with van der Waals surface area (Å²) in [6, 6.07) is 5.83. The van der Waals surface area contributed by atoms with Crippen molar-refractivity contribution in [3.63, 3.8) is 0 Å². The number of anilines is 1. The Bertz CT molecular complexity index is 390. The molecule has 0 radical (unpaired) electrons. The number of fused-ring (bicyclic) bond motifs is 1. The topological polar surface area (TPSA) is 55.6 Å². The molecular formula is C11H14N2O2. The molecule has 0 atom stereocenters. The number of amides is 1. The quantitative estimate of drug-likeness (QED) is 0.768. The second-order valence-electron chi connectivity index (χ2n) is 3.58. The summed E-state index contributed by atoms with van der Waals surface area (Å²) in [5.74, 6) is 0.741. The van der Waals surface area contributed by atoms with Crippen molar-refractivity contribution in [3.05, 3.63) is 23.8 Å². The molecule has 80 valence electrons. The van der Waals surface area contributed by atoms with Gasteiger partial charge in [0.2, 0.25) is 0 Å². The Balaban J connectivity index is 2.36. The Kier molecular flexibility index (Phi) is 2.60. The number of nitrogens with two attached hydrogens (primary N) is 1. The molecular weight excluding hydrogens is 192 g/mol. The standard InChI is InChI=1S/C11H14N2O2/c1-13-9-6-8(4-5-12)2-3-10(9)15-7-11(13)14/h2-3,6H,4-5,7,12H2,1H3. The third kappa shape index (κ3) is 1.80. The third-order valence-electron chi connectivity index (χ3n) is 2.54. The number of carbonyl (C=O) groups is 1. The zero-order valence-electron chi connectivity index (χ0n) is 8.69. The van der Waals surface area contributed by atoms with E-state index in [-0.39, 0.29) is 12.5 Å². The van der Waals surface area contributed by atoms with Gasteiger partial charge in [0.15, 0.2) is 6.61 Å². The molecule has 0 unspecified atom stereocenters. The maximum Gasteiger partial charge on any atom is 0.264 e. The summed E-state index contributed by atoms with van der Waals surface area (Å²) in [5, 5.41) is 0. The fourth-order valence-corrected chi connectivity index (χ4v) is 1.64. The van der Waals surface area contributed by atoms with Gasteiger partial charge in [-0.25, -0.2) is 0 Å². The van der Waals surface area contributed by atoms with Gasteiger partial charge in [0, 0.05) is 7.05 Å². The van der Waals surface area contributed by atoms with Gasteiger partial charge in [0.05, 0.1) is 5.69 Å². The van der Waals surface area contributed by atoms with Crippen molar-refractivity contribution in [2.75, 3.05) is 25.1 Å². The molecule has 4 nitrogen and oxygen atoms in total. The lowest BCUT2D eigenvalue weighted by atomic mass is 10.1. The molecule has 1 aromatic carbocycles. The van der Waals surface area contributed by atoms with Crippen LogP contribution in [0, 0.1) is 0 Å². The molecule has 0 bridgehead atoms. The van der Waals surface area contributed by atoms with E-state index in [1.807, 2.05) is 18.2 Å². The van der Waals surface area contributed by atoms with Crippen LogP contribution in [0.3, 0.4) is 0 Å². The fourth-order valence-electron chi connectivity index (χ4n) is 1.64. The van der Waals surface area contributed by atoms with Crippen molar-refractivity contribution in [2.24, 2.45) is 5.73 Å². The Hall–Kier alpha value is -1.55. The van der Waals surface area contributed by atoms with Crippen molar-refractivity contribution in [2.45, 2.75) is 6.42 Å². The van der Waals surface area contributed by atoms with Gasteiger partial charge < -0.3 is 15.4 Å². The highest BCUT2D eigenvalue weighted by Crippen LogP contribution is 2.31. The molecule has 0 aromatic heterocycles. The lowest BCUT2D eigenvalue weighted by molar-refractivity contribution is -0.120. The number of ether oxygens (including phenoxy) is 1. The van der Waals surface area contributed by atoms with Crippen LogP contribution in [0.4, 0.5) is 5.69 Å². The number of likely N-dealkylation sites (N-methyl/N-ethyl adjacent to an activating group) is 1. The van der Waals surface area contributed by atoms with Crippen LogP contribution in [0.1, 0.15) is 5.56 Å². The van der Waals surface area contributed by atoms with Crippen LogP contribution >= 0.6 is 0 Å². The predicted octanol–water partition coefficient (Wildman–Crippen LogP) is 0.543. The molecule has 2 rings (SSSR count). The van der Waals surface area contributed by atoms with Crippen LogP contribution in [0.25, 0.3) is 0 Å². The minimum atomic E-state index is -0.0209. The lowest BCUT2D eigenvalue weighted by Gasteiger charge is -2.26. The Morgan fingerprint density at radius 3 is 3.07 bits per heavy atom. The number of hydrogen-bond donors (Lipinski definition) is 1. The summed E-state index contributed by atoms with van der Waals surface area (Å²) in [4.78, 5) is 13.0. The zero-order valence-corrected chi connectivity index (χ0v) is 8.69. The second-order valence-corrected chi connectivity index (χ2v) is 3.58. The Morgan fingerprint density at radius 1 is 1.53 bits per heavy atom. The van der Waals surface area contributed by atoms with Gasteiger partial charge in [-0.05, 0) is 30.7 Å². The van der Waals surface area contributed by atoms with Crippen molar-refractivity contribution < 1.29 is 9.53 Å². The van der Waals surface area contributed by atoms with E-state index in [0.29, 0.717) is 6.54 Å². The minimum absolute atomic E-state index is 0.0209. The smallest absolute Gasteiger partial charge is 0.264 e. The number of nitrogens with zero attached hydrogens (tertiary/aromatic N) is 1. The molecule has 1 aliphatic heterocycles. The minimum Gasteiger partial charge on any atom is -0.482 e. The Labute approximate surface area is 88.6 Å². The van der Waals surface area contributed by atoms with E-state index in [9.17, 15) is 4.79 Å². The van der Waals surface area contributed by atoms with Crippen LogP contribution in [0.2, 0.25) is 0 Å². The SMILES string of the molecule is CN1C(=O)COc2ccc(CCN)cc21. The predicted molar refractivity (Wildman–Crippen MR) is 58.1 cm³/mol. The maximum absolute atomic E-state index is 11.4. The third-order valence-corrected chi connectivity index (χ3v) is 2.54. The van der Waals surface area contributed by atoms with E-state index >= 15 is 0 Å². The highest BCUT2D eigenvalue weighted by molar-refractivity contribution is 5.97.